The molecule has 0 aliphatic heterocycles. The lowest BCUT2D eigenvalue weighted by atomic mass is 10.1. The molecular formula is C15H23N3O2. The van der Waals surface area contributed by atoms with Crippen LogP contribution in [0.2, 0.25) is 0 Å². The van der Waals surface area contributed by atoms with Crippen molar-refractivity contribution >= 4 is 17.3 Å². The summed E-state index contributed by atoms with van der Waals surface area (Å²) in [7, 11) is 3.52. The van der Waals surface area contributed by atoms with Crippen LogP contribution in [0.1, 0.15) is 30.1 Å². The highest BCUT2D eigenvalue weighted by atomic mass is 16.5. The van der Waals surface area contributed by atoms with Crippen LogP contribution < -0.4 is 11.1 Å². The maximum atomic E-state index is 11.8. The van der Waals surface area contributed by atoms with Crippen LogP contribution >= 0.6 is 0 Å². The fraction of sp³-hybridized carbons (Fsp3) is 0.533. The van der Waals surface area contributed by atoms with Gasteiger partial charge < -0.3 is 15.8 Å². The number of rotatable bonds is 6. The number of likely N-dealkylation sites (N-methyl/N-ethyl adjacent to an activating group) is 1. The fourth-order valence-corrected chi connectivity index (χ4v) is 2.24. The Morgan fingerprint density at radius 3 is 2.85 bits per heavy atom. The van der Waals surface area contributed by atoms with Gasteiger partial charge in [-0.3, -0.25) is 4.90 Å². The van der Waals surface area contributed by atoms with Crippen LogP contribution in [0.5, 0.6) is 0 Å². The summed E-state index contributed by atoms with van der Waals surface area (Å²) in [6.07, 6.45) is 2.58. The van der Waals surface area contributed by atoms with E-state index in [-0.39, 0.29) is 5.97 Å². The molecule has 1 aliphatic carbocycles. The molecule has 0 spiro atoms. The maximum absolute atomic E-state index is 11.8. The van der Waals surface area contributed by atoms with Crippen LogP contribution in [-0.2, 0) is 4.74 Å². The number of nitrogen functional groups attached to an aromatic ring is 1. The van der Waals surface area contributed by atoms with E-state index in [1.807, 2.05) is 6.07 Å². The van der Waals surface area contributed by atoms with Gasteiger partial charge in [0.05, 0.1) is 12.7 Å². The van der Waals surface area contributed by atoms with Crippen molar-refractivity contribution in [3.05, 3.63) is 23.8 Å². The quantitative estimate of drug-likeness (QED) is 0.614. The molecule has 0 saturated heterocycles. The highest BCUT2D eigenvalue weighted by Crippen LogP contribution is 2.27. The molecule has 0 heterocycles. The normalized spacial score (nSPS) is 16.0. The third kappa shape index (κ3) is 3.42. The molecule has 110 valence electrons. The third-order valence-corrected chi connectivity index (χ3v) is 3.85. The first-order valence-electron chi connectivity index (χ1n) is 6.96. The second kappa shape index (κ2) is 6.13. The number of nitrogens with two attached hydrogens (primary N) is 1. The van der Waals surface area contributed by atoms with Crippen LogP contribution in [0, 0.1) is 0 Å². The second-order valence-electron chi connectivity index (χ2n) is 5.42. The summed E-state index contributed by atoms with van der Waals surface area (Å²) in [5, 5.41) is 3.32. The number of nitrogens with one attached hydrogen (secondary N) is 1. The Morgan fingerprint density at radius 2 is 2.25 bits per heavy atom. The molecule has 5 heteroatoms. The predicted octanol–water partition coefficient (Wildman–Crippen LogP) is 1.95. The molecule has 1 atom stereocenters. The van der Waals surface area contributed by atoms with Crippen molar-refractivity contribution in [2.45, 2.75) is 31.8 Å². The van der Waals surface area contributed by atoms with Gasteiger partial charge in [0.2, 0.25) is 0 Å². The molecule has 1 fully saturated rings. The van der Waals surface area contributed by atoms with Gasteiger partial charge in [-0.15, -0.1) is 0 Å². The summed E-state index contributed by atoms with van der Waals surface area (Å²) in [6.45, 7) is 2.96. The van der Waals surface area contributed by atoms with E-state index >= 15 is 0 Å². The zero-order valence-corrected chi connectivity index (χ0v) is 12.3. The van der Waals surface area contributed by atoms with Gasteiger partial charge in [-0.1, -0.05) is 0 Å². The molecule has 0 aromatic heterocycles. The van der Waals surface area contributed by atoms with Gasteiger partial charge in [0, 0.05) is 30.0 Å². The molecule has 0 bridgehead atoms. The molecule has 0 amide bonds. The summed E-state index contributed by atoms with van der Waals surface area (Å²) in [4.78, 5) is 14.1. The maximum Gasteiger partial charge on any atom is 0.340 e. The SMILES string of the molecule is COC(=O)c1cc(N)ccc1NCC(C)N(C)C1CC1. The molecule has 1 saturated carbocycles. The van der Waals surface area contributed by atoms with Crippen LogP contribution in [0.25, 0.3) is 0 Å². The molecule has 1 aliphatic rings. The summed E-state index contributed by atoms with van der Waals surface area (Å²) >= 11 is 0. The molecular weight excluding hydrogens is 254 g/mol. The van der Waals surface area contributed by atoms with Gasteiger partial charge in [0.1, 0.15) is 0 Å². The van der Waals surface area contributed by atoms with Gasteiger partial charge in [0.15, 0.2) is 0 Å². The van der Waals surface area contributed by atoms with E-state index in [1.54, 1.807) is 12.1 Å². The van der Waals surface area contributed by atoms with Gasteiger partial charge in [-0.25, -0.2) is 4.79 Å². The molecule has 1 aromatic rings. The Balaban J connectivity index is 2.02. The van der Waals surface area contributed by atoms with Crippen molar-refractivity contribution in [1.82, 2.24) is 4.90 Å². The number of hydrogen-bond acceptors (Lipinski definition) is 5. The van der Waals surface area contributed by atoms with Gasteiger partial charge in [-0.2, -0.15) is 0 Å². The number of carbonyl (C=O) groups excluding carboxylic acids is 1. The van der Waals surface area contributed by atoms with Crippen molar-refractivity contribution in [2.75, 3.05) is 31.8 Å². The number of nitrogens with zero attached hydrogens (tertiary/aromatic N) is 1. The number of carbonyl (C=O) groups is 1. The minimum absolute atomic E-state index is 0.372. The lowest BCUT2D eigenvalue weighted by Gasteiger charge is -2.25. The molecule has 0 radical (unpaired) electrons. The zero-order chi connectivity index (χ0) is 14.7. The molecule has 1 aromatic carbocycles. The average molecular weight is 277 g/mol. The summed E-state index contributed by atoms with van der Waals surface area (Å²) in [5.41, 5.74) is 7.53. The molecule has 20 heavy (non-hydrogen) atoms. The monoisotopic (exact) mass is 277 g/mol. The second-order valence-corrected chi connectivity index (χ2v) is 5.42. The highest BCUT2D eigenvalue weighted by molar-refractivity contribution is 5.96. The van der Waals surface area contributed by atoms with E-state index < -0.39 is 0 Å². The lowest BCUT2D eigenvalue weighted by Crippen LogP contribution is -2.36. The van der Waals surface area contributed by atoms with Crippen LogP contribution in [0.15, 0.2) is 18.2 Å². The lowest BCUT2D eigenvalue weighted by molar-refractivity contribution is 0.0602. The first kappa shape index (κ1) is 14.7. The van der Waals surface area contributed by atoms with E-state index in [0.717, 1.165) is 18.3 Å². The number of esters is 1. The summed E-state index contributed by atoms with van der Waals surface area (Å²) < 4.78 is 4.79. The number of anilines is 2. The zero-order valence-electron chi connectivity index (χ0n) is 12.3. The molecule has 3 N–H and O–H groups in total. The number of benzene rings is 1. The van der Waals surface area contributed by atoms with Crippen molar-refractivity contribution in [3.63, 3.8) is 0 Å². The first-order chi connectivity index (χ1) is 9.52. The Kier molecular flexibility index (Phi) is 4.49. The number of hydrogen-bond donors (Lipinski definition) is 2. The number of methoxy groups -OCH3 is 1. The Labute approximate surface area is 120 Å². The van der Waals surface area contributed by atoms with Crippen molar-refractivity contribution < 1.29 is 9.53 Å². The van der Waals surface area contributed by atoms with E-state index in [1.165, 1.54) is 20.0 Å². The van der Waals surface area contributed by atoms with Crippen LogP contribution in [-0.4, -0.2) is 43.7 Å². The number of ether oxygens (including phenoxy) is 1. The van der Waals surface area contributed by atoms with Crippen molar-refractivity contribution in [3.8, 4) is 0 Å². The average Bonchev–Trinajstić information content (AvgIpc) is 3.28. The molecule has 2 rings (SSSR count). The van der Waals surface area contributed by atoms with Gasteiger partial charge in [-0.05, 0) is 45.0 Å². The predicted molar refractivity (Wildman–Crippen MR) is 80.9 cm³/mol. The van der Waals surface area contributed by atoms with Gasteiger partial charge in [0.25, 0.3) is 0 Å². The van der Waals surface area contributed by atoms with E-state index in [4.69, 9.17) is 10.5 Å². The Hall–Kier alpha value is -1.75. The molecule has 5 nitrogen and oxygen atoms in total. The summed E-state index contributed by atoms with van der Waals surface area (Å²) in [6, 6.07) is 6.38. The van der Waals surface area contributed by atoms with Crippen LogP contribution in [0.4, 0.5) is 11.4 Å². The van der Waals surface area contributed by atoms with E-state index in [2.05, 4.69) is 24.2 Å². The standard InChI is InChI=1S/C15H23N3O2/c1-10(18(2)12-5-6-12)9-17-14-7-4-11(16)8-13(14)15(19)20-3/h4,7-8,10,12,17H,5-6,9,16H2,1-3H3. The largest absolute Gasteiger partial charge is 0.465 e. The minimum atomic E-state index is -0.372. The Bertz CT molecular complexity index is 486. The minimum Gasteiger partial charge on any atom is -0.465 e. The van der Waals surface area contributed by atoms with E-state index in [9.17, 15) is 4.79 Å². The van der Waals surface area contributed by atoms with Gasteiger partial charge >= 0.3 is 5.97 Å². The van der Waals surface area contributed by atoms with Crippen molar-refractivity contribution in [1.29, 1.82) is 0 Å². The smallest absolute Gasteiger partial charge is 0.340 e. The van der Waals surface area contributed by atoms with Crippen molar-refractivity contribution in [2.24, 2.45) is 0 Å². The topological polar surface area (TPSA) is 67.6 Å². The Morgan fingerprint density at radius 1 is 1.55 bits per heavy atom. The molecule has 1 unspecified atom stereocenters. The van der Waals surface area contributed by atoms with E-state index in [0.29, 0.717) is 17.3 Å². The highest BCUT2D eigenvalue weighted by Gasteiger charge is 2.29. The fourth-order valence-electron chi connectivity index (χ4n) is 2.24. The first-order valence-corrected chi connectivity index (χ1v) is 6.96. The van der Waals surface area contributed by atoms with Crippen LogP contribution in [0.3, 0.4) is 0 Å². The third-order valence-electron chi connectivity index (χ3n) is 3.85. The summed E-state index contributed by atoms with van der Waals surface area (Å²) in [5.74, 6) is -0.372.